The van der Waals surface area contributed by atoms with Gasteiger partial charge in [0.05, 0.1) is 16.1 Å². The van der Waals surface area contributed by atoms with Crippen LogP contribution in [0.1, 0.15) is 41.8 Å². The van der Waals surface area contributed by atoms with Crippen LogP contribution in [0.3, 0.4) is 0 Å². The number of nitro groups is 1. The largest absolute Gasteiger partial charge is 0.390 e. The zero-order valence-electron chi connectivity index (χ0n) is 12.1. The Bertz CT molecular complexity index is 617. The molecule has 0 saturated carbocycles. The van der Waals surface area contributed by atoms with Gasteiger partial charge in [-0.15, -0.1) is 0 Å². The SMILES string of the molecule is C=Cc1cc2c(cc1[N+](=O)[O-])CN(CCC(C)(C)O)C2=O. The Hall–Kier alpha value is -2.21. The molecule has 0 bridgehead atoms. The van der Waals surface area contributed by atoms with Crippen LogP contribution < -0.4 is 0 Å². The van der Waals surface area contributed by atoms with Crippen molar-refractivity contribution in [1.29, 1.82) is 0 Å². The third-order valence-corrected chi connectivity index (χ3v) is 3.54. The highest BCUT2D eigenvalue weighted by Gasteiger charge is 2.31. The van der Waals surface area contributed by atoms with Crippen molar-refractivity contribution in [2.24, 2.45) is 0 Å². The van der Waals surface area contributed by atoms with Gasteiger partial charge in [-0.2, -0.15) is 0 Å². The van der Waals surface area contributed by atoms with E-state index >= 15 is 0 Å². The lowest BCUT2D eigenvalue weighted by molar-refractivity contribution is -0.385. The highest BCUT2D eigenvalue weighted by atomic mass is 16.6. The Morgan fingerprint density at radius 1 is 1.52 bits per heavy atom. The molecule has 0 atom stereocenters. The highest BCUT2D eigenvalue weighted by Crippen LogP contribution is 2.31. The smallest absolute Gasteiger partial charge is 0.276 e. The second kappa shape index (κ2) is 5.29. The number of hydrogen-bond acceptors (Lipinski definition) is 4. The minimum Gasteiger partial charge on any atom is -0.390 e. The molecule has 0 aromatic heterocycles. The van der Waals surface area contributed by atoms with Crippen molar-refractivity contribution in [3.8, 4) is 0 Å². The lowest BCUT2D eigenvalue weighted by Crippen LogP contribution is -2.31. The van der Waals surface area contributed by atoms with E-state index in [-0.39, 0.29) is 11.6 Å². The van der Waals surface area contributed by atoms with Crippen molar-refractivity contribution in [2.45, 2.75) is 32.4 Å². The molecule has 0 aliphatic carbocycles. The Labute approximate surface area is 122 Å². The summed E-state index contributed by atoms with van der Waals surface area (Å²) in [7, 11) is 0. The first-order chi connectivity index (χ1) is 9.73. The number of carbonyl (C=O) groups is 1. The molecule has 0 fully saturated rings. The van der Waals surface area contributed by atoms with E-state index in [1.54, 1.807) is 18.7 Å². The van der Waals surface area contributed by atoms with Crippen LogP contribution in [0.4, 0.5) is 5.69 Å². The topological polar surface area (TPSA) is 83.7 Å². The minimum absolute atomic E-state index is 0.0408. The minimum atomic E-state index is -0.854. The van der Waals surface area contributed by atoms with Gasteiger partial charge in [-0.1, -0.05) is 12.7 Å². The van der Waals surface area contributed by atoms with Crippen LogP contribution >= 0.6 is 0 Å². The van der Waals surface area contributed by atoms with E-state index in [1.807, 2.05) is 0 Å². The molecule has 0 unspecified atom stereocenters. The van der Waals surface area contributed by atoms with Crippen molar-refractivity contribution in [2.75, 3.05) is 6.54 Å². The van der Waals surface area contributed by atoms with Crippen LogP contribution in [-0.2, 0) is 6.54 Å². The third-order valence-electron chi connectivity index (χ3n) is 3.54. The molecule has 0 saturated heterocycles. The van der Waals surface area contributed by atoms with E-state index in [9.17, 15) is 20.0 Å². The van der Waals surface area contributed by atoms with E-state index in [0.717, 1.165) is 0 Å². The van der Waals surface area contributed by atoms with Gasteiger partial charge in [-0.3, -0.25) is 14.9 Å². The molecule has 21 heavy (non-hydrogen) atoms. The van der Waals surface area contributed by atoms with Gasteiger partial charge in [0, 0.05) is 24.7 Å². The summed E-state index contributed by atoms with van der Waals surface area (Å²) >= 11 is 0. The Morgan fingerprint density at radius 2 is 2.19 bits per heavy atom. The van der Waals surface area contributed by atoms with Crippen LogP contribution in [0.25, 0.3) is 6.08 Å². The summed E-state index contributed by atoms with van der Waals surface area (Å²) in [6.45, 7) is 7.66. The molecule has 1 N–H and O–H groups in total. The van der Waals surface area contributed by atoms with E-state index in [4.69, 9.17) is 0 Å². The molecule has 2 rings (SSSR count). The molecule has 0 radical (unpaired) electrons. The van der Waals surface area contributed by atoms with Crippen molar-refractivity contribution in [3.05, 3.63) is 45.5 Å². The molecule has 1 heterocycles. The number of fused-ring (bicyclic) bond motifs is 1. The fourth-order valence-electron chi connectivity index (χ4n) is 2.34. The van der Waals surface area contributed by atoms with Crippen molar-refractivity contribution < 1.29 is 14.8 Å². The number of nitro benzene ring substituents is 1. The zero-order chi connectivity index (χ0) is 15.8. The van der Waals surface area contributed by atoms with Crippen LogP contribution in [-0.4, -0.2) is 33.0 Å². The van der Waals surface area contributed by atoms with E-state index in [0.29, 0.717) is 36.2 Å². The lowest BCUT2D eigenvalue weighted by Gasteiger charge is -2.22. The highest BCUT2D eigenvalue weighted by molar-refractivity contribution is 5.99. The normalized spacial score (nSPS) is 14.2. The Kier molecular flexibility index (Phi) is 3.82. The third kappa shape index (κ3) is 3.11. The van der Waals surface area contributed by atoms with Gasteiger partial charge in [-0.05, 0) is 31.9 Å². The monoisotopic (exact) mass is 290 g/mol. The van der Waals surface area contributed by atoms with Crippen molar-refractivity contribution in [3.63, 3.8) is 0 Å². The lowest BCUT2D eigenvalue weighted by atomic mass is 10.0. The molecule has 1 amide bonds. The fourth-order valence-corrected chi connectivity index (χ4v) is 2.34. The summed E-state index contributed by atoms with van der Waals surface area (Å²) in [5, 5.41) is 20.8. The Balaban J connectivity index is 2.29. The molecule has 1 aromatic carbocycles. The summed E-state index contributed by atoms with van der Waals surface area (Å²) in [5.74, 6) is -0.160. The van der Waals surface area contributed by atoms with Gasteiger partial charge in [0.25, 0.3) is 11.6 Å². The van der Waals surface area contributed by atoms with Crippen LogP contribution in [0.5, 0.6) is 0 Å². The molecule has 1 aromatic rings. The van der Waals surface area contributed by atoms with Gasteiger partial charge in [-0.25, -0.2) is 0 Å². The first-order valence-electron chi connectivity index (χ1n) is 6.68. The average Bonchev–Trinajstić information content (AvgIpc) is 2.70. The second-order valence-corrected chi connectivity index (χ2v) is 5.82. The summed E-state index contributed by atoms with van der Waals surface area (Å²) in [5.41, 5.74) is 0.574. The fraction of sp³-hybridized carbons (Fsp3) is 0.400. The van der Waals surface area contributed by atoms with Crippen molar-refractivity contribution >= 4 is 17.7 Å². The van der Waals surface area contributed by atoms with E-state index < -0.39 is 10.5 Å². The van der Waals surface area contributed by atoms with Gasteiger partial charge < -0.3 is 10.0 Å². The van der Waals surface area contributed by atoms with Gasteiger partial charge in [0.2, 0.25) is 0 Å². The van der Waals surface area contributed by atoms with Gasteiger partial charge in [0.1, 0.15) is 0 Å². The standard InChI is InChI=1S/C15H18N2O4/c1-4-10-7-12-11(8-13(10)17(20)21)9-16(14(12)18)6-5-15(2,3)19/h4,7-8,19H,1,5-6,9H2,2-3H3. The second-order valence-electron chi connectivity index (χ2n) is 5.82. The van der Waals surface area contributed by atoms with Crippen molar-refractivity contribution in [1.82, 2.24) is 4.90 Å². The average molecular weight is 290 g/mol. The maximum atomic E-state index is 12.3. The molecule has 6 heteroatoms. The van der Waals surface area contributed by atoms with Crippen LogP contribution in [0.15, 0.2) is 18.7 Å². The summed E-state index contributed by atoms with van der Waals surface area (Å²) in [6.07, 6.45) is 1.83. The summed E-state index contributed by atoms with van der Waals surface area (Å²) < 4.78 is 0. The number of aliphatic hydroxyl groups is 1. The number of nitrogens with zero attached hydrogens (tertiary/aromatic N) is 2. The number of hydrogen-bond donors (Lipinski definition) is 1. The van der Waals surface area contributed by atoms with Crippen LogP contribution in [0, 0.1) is 10.1 Å². The quantitative estimate of drug-likeness (QED) is 0.666. The Morgan fingerprint density at radius 3 is 2.71 bits per heavy atom. The molecule has 112 valence electrons. The van der Waals surface area contributed by atoms with E-state index in [1.165, 1.54) is 18.2 Å². The number of amides is 1. The number of carbonyl (C=O) groups excluding carboxylic acids is 1. The number of rotatable bonds is 5. The van der Waals surface area contributed by atoms with Gasteiger partial charge in [0.15, 0.2) is 0 Å². The molecule has 1 aliphatic rings. The van der Waals surface area contributed by atoms with Crippen LogP contribution in [0.2, 0.25) is 0 Å². The predicted molar refractivity (Wildman–Crippen MR) is 78.8 cm³/mol. The molecular weight excluding hydrogens is 272 g/mol. The zero-order valence-corrected chi connectivity index (χ0v) is 12.1. The summed E-state index contributed by atoms with van der Waals surface area (Å²) in [4.78, 5) is 24.5. The molecule has 6 nitrogen and oxygen atoms in total. The first-order valence-corrected chi connectivity index (χ1v) is 6.68. The predicted octanol–water partition coefficient (Wildman–Crippen LogP) is 2.35. The maximum Gasteiger partial charge on any atom is 0.276 e. The maximum absolute atomic E-state index is 12.3. The molecule has 1 aliphatic heterocycles. The molecule has 0 spiro atoms. The molecular formula is C15H18N2O4. The first kappa shape index (κ1) is 15.2. The van der Waals surface area contributed by atoms with Gasteiger partial charge >= 0.3 is 0 Å². The number of benzene rings is 1. The van der Waals surface area contributed by atoms with E-state index in [2.05, 4.69) is 6.58 Å². The summed E-state index contributed by atoms with van der Waals surface area (Å²) in [6, 6.07) is 2.96.